The number of nitrogens with one attached hydrogen (secondary N) is 1. The largest absolute Gasteiger partial charge is 0.386 e. The van der Waals surface area contributed by atoms with E-state index in [2.05, 4.69) is 5.32 Å². The molecule has 0 radical (unpaired) electrons. The van der Waals surface area contributed by atoms with Gasteiger partial charge >= 0.3 is 0 Å². The first-order valence-electron chi connectivity index (χ1n) is 6.42. The van der Waals surface area contributed by atoms with Crippen LogP contribution in [0.3, 0.4) is 0 Å². The standard InChI is InChI=1S/C16H17F2NO/c1-10-5-3-8-14(11(10)2)19-9-15(20)16-12(17)6-4-7-13(16)18/h3-8,15,19-20H,9H2,1-2H3. The van der Waals surface area contributed by atoms with Crippen molar-refractivity contribution < 1.29 is 13.9 Å². The van der Waals surface area contributed by atoms with Crippen LogP contribution in [0.2, 0.25) is 0 Å². The molecule has 106 valence electrons. The Morgan fingerprint density at radius 2 is 1.65 bits per heavy atom. The molecule has 2 N–H and O–H groups in total. The van der Waals surface area contributed by atoms with E-state index < -0.39 is 17.7 Å². The molecular weight excluding hydrogens is 260 g/mol. The van der Waals surface area contributed by atoms with Gasteiger partial charge in [0.15, 0.2) is 0 Å². The van der Waals surface area contributed by atoms with Crippen LogP contribution in [0.5, 0.6) is 0 Å². The Labute approximate surface area is 117 Å². The second-order valence-electron chi connectivity index (χ2n) is 4.78. The molecule has 2 aromatic carbocycles. The molecule has 0 aromatic heterocycles. The third kappa shape index (κ3) is 2.96. The van der Waals surface area contributed by atoms with Crippen molar-refractivity contribution >= 4 is 5.69 Å². The van der Waals surface area contributed by atoms with Crippen molar-refractivity contribution in [2.24, 2.45) is 0 Å². The Hall–Kier alpha value is -1.94. The van der Waals surface area contributed by atoms with Crippen molar-refractivity contribution in [3.05, 3.63) is 64.7 Å². The highest BCUT2D eigenvalue weighted by molar-refractivity contribution is 5.53. The molecule has 0 amide bonds. The first-order chi connectivity index (χ1) is 9.50. The Balaban J connectivity index is 2.13. The molecule has 0 bridgehead atoms. The van der Waals surface area contributed by atoms with E-state index in [0.717, 1.165) is 28.9 Å². The molecule has 0 heterocycles. The van der Waals surface area contributed by atoms with E-state index in [4.69, 9.17) is 0 Å². The lowest BCUT2D eigenvalue weighted by molar-refractivity contribution is 0.181. The summed E-state index contributed by atoms with van der Waals surface area (Å²) in [5.74, 6) is -1.47. The average Bonchev–Trinajstić information content (AvgIpc) is 2.40. The van der Waals surface area contributed by atoms with Crippen molar-refractivity contribution in [1.82, 2.24) is 0 Å². The summed E-state index contributed by atoms with van der Waals surface area (Å²) in [6, 6.07) is 9.29. The number of aliphatic hydroxyl groups excluding tert-OH is 1. The molecule has 2 nitrogen and oxygen atoms in total. The maximum absolute atomic E-state index is 13.5. The lowest BCUT2D eigenvalue weighted by Crippen LogP contribution is -2.15. The Bertz CT molecular complexity index is 593. The molecule has 20 heavy (non-hydrogen) atoms. The van der Waals surface area contributed by atoms with E-state index in [9.17, 15) is 13.9 Å². The minimum absolute atomic E-state index is 0.0438. The topological polar surface area (TPSA) is 32.3 Å². The fourth-order valence-electron chi connectivity index (χ4n) is 2.08. The van der Waals surface area contributed by atoms with Crippen LogP contribution >= 0.6 is 0 Å². The Morgan fingerprint density at radius 3 is 2.30 bits per heavy atom. The predicted molar refractivity (Wildman–Crippen MR) is 75.7 cm³/mol. The Morgan fingerprint density at radius 1 is 1.05 bits per heavy atom. The molecule has 0 saturated carbocycles. The fraction of sp³-hybridized carbons (Fsp3) is 0.250. The molecule has 0 spiro atoms. The zero-order chi connectivity index (χ0) is 14.7. The number of hydrogen-bond acceptors (Lipinski definition) is 2. The highest BCUT2D eigenvalue weighted by Crippen LogP contribution is 2.23. The predicted octanol–water partition coefficient (Wildman–Crippen LogP) is 3.73. The number of rotatable bonds is 4. The van der Waals surface area contributed by atoms with Crippen molar-refractivity contribution in [2.75, 3.05) is 11.9 Å². The van der Waals surface area contributed by atoms with Crippen LogP contribution in [0.4, 0.5) is 14.5 Å². The van der Waals surface area contributed by atoms with Crippen molar-refractivity contribution in [2.45, 2.75) is 20.0 Å². The third-order valence-corrected chi connectivity index (χ3v) is 3.42. The summed E-state index contributed by atoms with van der Waals surface area (Å²) < 4.78 is 27.1. The van der Waals surface area contributed by atoms with Gasteiger partial charge in [-0.25, -0.2) is 8.78 Å². The van der Waals surface area contributed by atoms with Gasteiger partial charge < -0.3 is 10.4 Å². The quantitative estimate of drug-likeness (QED) is 0.892. The zero-order valence-electron chi connectivity index (χ0n) is 11.5. The van der Waals surface area contributed by atoms with Crippen LogP contribution in [0.25, 0.3) is 0 Å². The molecule has 0 aliphatic rings. The molecule has 0 aliphatic carbocycles. The molecule has 1 unspecified atom stereocenters. The lowest BCUT2D eigenvalue weighted by atomic mass is 10.1. The minimum atomic E-state index is -1.24. The summed E-state index contributed by atoms with van der Waals surface area (Å²) in [5.41, 5.74) is 2.71. The van der Waals surface area contributed by atoms with Gasteiger partial charge in [0.2, 0.25) is 0 Å². The van der Waals surface area contributed by atoms with Crippen molar-refractivity contribution in [3.63, 3.8) is 0 Å². The van der Waals surface area contributed by atoms with Gasteiger partial charge in [-0.05, 0) is 43.2 Å². The number of aliphatic hydroxyl groups is 1. The summed E-state index contributed by atoms with van der Waals surface area (Å²) in [6.45, 7) is 3.98. The highest BCUT2D eigenvalue weighted by atomic mass is 19.1. The molecule has 0 saturated heterocycles. The Kier molecular flexibility index (Phi) is 4.35. The van der Waals surface area contributed by atoms with Gasteiger partial charge in [-0.1, -0.05) is 18.2 Å². The maximum atomic E-state index is 13.5. The van der Waals surface area contributed by atoms with Gasteiger partial charge in [0.05, 0.1) is 5.56 Å². The van der Waals surface area contributed by atoms with Crippen LogP contribution < -0.4 is 5.32 Å². The number of aryl methyl sites for hydroxylation is 1. The minimum Gasteiger partial charge on any atom is -0.386 e. The monoisotopic (exact) mass is 277 g/mol. The van der Waals surface area contributed by atoms with Gasteiger partial charge in [-0.15, -0.1) is 0 Å². The maximum Gasteiger partial charge on any atom is 0.132 e. The normalized spacial score (nSPS) is 12.2. The molecule has 1 atom stereocenters. The van der Waals surface area contributed by atoms with Crippen LogP contribution in [-0.2, 0) is 0 Å². The fourth-order valence-corrected chi connectivity index (χ4v) is 2.08. The SMILES string of the molecule is Cc1cccc(NCC(O)c2c(F)cccc2F)c1C. The van der Waals surface area contributed by atoms with E-state index in [1.807, 2.05) is 32.0 Å². The second-order valence-corrected chi connectivity index (χ2v) is 4.78. The molecular formula is C16H17F2NO. The molecule has 0 aliphatic heterocycles. The lowest BCUT2D eigenvalue weighted by Gasteiger charge is -2.16. The molecule has 2 rings (SSSR count). The number of benzene rings is 2. The van der Waals surface area contributed by atoms with E-state index in [1.165, 1.54) is 6.07 Å². The second kappa shape index (κ2) is 6.01. The molecule has 2 aromatic rings. The smallest absolute Gasteiger partial charge is 0.132 e. The van der Waals surface area contributed by atoms with Gasteiger partial charge in [-0.2, -0.15) is 0 Å². The number of anilines is 1. The average molecular weight is 277 g/mol. The highest BCUT2D eigenvalue weighted by Gasteiger charge is 2.17. The van der Waals surface area contributed by atoms with Gasteiger partial charge in [0.25, 0.3) is 0 Å². The van der Waals surface area contributed by atoms with Crippen molar-refractivity contribution in [3.8, 4) is 0 Å². The van der Waals surface area contributed by atoms with Gasteiger partial charge in [0, 0.05) is 12.2 Å². The van der Waals surface area contributed by atoms with E-state index >= 15 is 0 Å². The van der Waals surface area contributed by atoms with Crippen LogP contribution in [-0.4, -0.2) is 11.7 Å². The summed E-state index contributed by atoms with van der Waals surface area (Å²) in [6.07, 6.45) is -1.24. The van der Waals surface area contributed by atoms with Crippen LogP contribution in [0, 0.1) is 25.5 Å². The first-order valence-corrected chi connectivity index (χ1v) is 6.42. The number of halogens is 2. The van der Waals surface area contributed by atoms with Crippen LogP contribution in [0.15, 0.2) is 36.4 Å². The number of hydrogen-bond donors (Lipinski definition) is 2. The van der Waals surface area contributed by atoms with Crippen molar-refractivity contribution in [1.29, 1.82) is 0 Å². The summed E-state index contributed by atoms with van der Waals surface area (Å²) in [4.78, 5) is 0. The van der Waals surface area contributed by atoms with E-state index in [1.54, 1.807) is 0 Å². The van der Waals surface area contributed by atoms with Crippen LogP contribution in [0.1, 0.15) is 22.8 Å². The van der Waals surface area contributed by atoms with E-state index in [0.29, 0.717) is 0 Å². The third-order valence-electron chi connectivity index (χ3n) is 3.42. The van der Waals surface area contributed by atoms with E-state index in [-0.39, 0.29) is 12.1 Å². The molecule has 4 heteroatoms. The first kappa shape index (κ1) is 14.5. The molecule has 0 fully saturated rings. The van der Waals surface area contributed by atoms with Gasteiger partial charge in [-0.3, -0.25) is 0 Å². The van der Waals surface area contributed by atoms with Gasteiger partial charge in [0.1, 0.15) is 17.7 Å². The summed E-state index contributed by atoms with van der Waals surface area (Å²) in [7, 11) is 0. The zero-order valence-corrected chi connectivity index (χ0v) is 11.5. The summed E-state index contributed by atoms with van der Waals surface area (Å²) in [5, 5.41) is 13.0. The summed E-state index contributed by atoms with van der Waals surface area (Å²) >= 11 is 0.